The zero-order valence-electron chi connectivity index (χ0n) is 6.21. The Morgan fingerprint density at radius 1 is 1.00 bits per heavy atom. The van der Waals surface area contributed by atoms with E-state index in [1.54, 1.807) is 0 Å². The van der Waals surface area contributed by atoms with Crippen LogP contribution in [-0.2, 0) is 9.47 Å². The van der Waals surface area contributed by atoms with Gasteiger partial charge in [0.25, 0.3) is 0 Å². The molecule has 3 aliphatic heterocycles. The quantitative estimate of drug-likeness (QED) is 0.506. The maximum absolute atomic E-state index is 5.56. The van der Waals surface area contributed by atoms with Gasteiger partial charge in [-0.1, -0.05) is 0 Å². The molecule has 3 fully saturated rings. The predicted molar refractivity (Wildman–Crippen MR) is 37.9 cm³/mol. The summed E-state index contributed by atoms with van der Waals surface area (Å²) in [5, 5.41) is 0. The van der Waals surface area contributed by atoms with Crippen LogP contribution in [0.15, 0.2) is 0 Å². The van der Waals surface area contributed by atoms with Gasteiger partial charge >= 0.3 is 0 Å². The molecule has 3 heterocycles. The Morgan fingerprint density at radius 3 is 2.80 bits per heavy atom. The Hall–Kier alpha value is -0.0800. The maximum Gasteiger partial charge on any atom is 0.0808 e. The third kappa shape index (κ3) is 1.32. The van der Waals surface area contributed by atoms with Crippen molar-refractivity contribution in [2.75, 3.05) is 19.8 Å². The fourth-order valence-corrected chi connectivity index (χ4v) is 1.68. The molecule has 58 valence electrons. The van der Waals surface area contributed by atoms with Gasteiger partial charge in [-0.3, -0.25) is 0 Å². The minimum atomic E-state index is 0.413. The largest absolute Gasteiger partial charge is 0.379 e. The lowest BCUT2D eigenvalue weighted by Crippen LogP contribution is -2.33. The zero-order valence-corrected chi connectivity index (χ0v) is 6.21. The molecule has 3 rings (SSSR count). The molecule has 0 saturated carbocycles. The van der Waals surface area contributed by atoms with Crippen molar-refractivity contribution in [3.05, 3.63) is 0 Å². The molecule has 3 saturated heterocycles. The molecule has 0 N–H and O–H groups in total. The molecule has 2 heteroatoms. The molecule has 0 amide bonds. The van der Waals surface area contributed by atoms with E-state index in [0.717, 1.165) is 25.7 Å². The summed E-state index contributed by atoms with van der Waals surface area (Å²) in [6.45, 7) is 2.76. The van der Waals surface area contributed by atoms with Gasteiger partial charge in [-0.25, -0.2) is 0 Å². The van der Waals surface area contributed by atoms with Crippen LogP contribution in [0.5, 0.6) is 0 Å². The standard InChI is InChI=1S/C8H14O2/c1-2-8-6-9-4-3-7(1)5-10-8/h7-8H,1-6H2. The number of hydrogen-bond acceptors (Lipinski definition) is 2. The Bertz CT molecular complexity index is 86.3. The summed E-state index contributed by atoms with van der Waals surface area (Å²) in [5.41, 5.74) is 0. The first kappa shape index (κ1) is 6.62. The molecule has 2 nitrogen and oxygen atoms in total. The van der Waals surface area contributed by atoms with Crippen molar-refractivity contribution in [3.8, 4) is 0 Å². The van der Waals surface area contributed by atoms with Crippen molar-refractivity contribution >= 4 is 0 Å². The van der Waals surface area contributed by atoms with E-state index < -0.39 is 0 Å². The van der Waals surface area contributed by atoms with Gasteiger partial charge in [-0.05, 0) is 25.2 Å². The van der Waals surface area contributed by atoms with Crippen LogP contribution in [0, 0.1) is 5.92 Å². The molecule has 0 radical (unpaired) electrons. The number of fused-ring (bicyclic) bond motifs is 5. The second-order valence-electron chi connectivity index (χ2n) is 3.26. The molecular weight excluding hydrogens is 128 g/mol. The average Bonchev–Trinajstić information content (AvgIpc) is 1.89. The van der Waals surface area contributed by atoms with Crippen molar-refractivity contribution in [1.82, 2.24) is 0 Å². The maximum atomic E-state index is 5.56. The highest BCUT2D eigenvalue weighted by Gasteiger charge is 2.23. The molecule has 2 unspecified atom stereocenters. The monoisotopic (exact) mass is 142 g/mol. The van der Waals surface area contributed by atoms with Crippen LogP contribution in [-0.4, -0.2) is 25.9 Å². The lowest BCUT2D eigenvalue weighted by Gasteiger charge is -2.31. The molecule has 2 atom stereocenters. The van der Waals surface area contributed by atoms with Gasteiger partial charge < -0.3 is 9.47 Å². The SMILES string of the molecule is C1CC2CCC(CO1)OC2. The van der Waals surface area contributed by atoms with Crippen LogP contribution >= 0.6 is 0 Å². The van der Waals surface area contributed by atoms with Gasteiger partial charge in [0, 0.05) is 13.2 Å². The van der Waals surface area contributed by atoms with Crippen LogP contribution < -0.4 is 0 Å². The van der Waals surface area contributed by atoms with Gasteiger partial charge in [0.15, 0.2) is 0 Å². The molecule has 0 aromatic carbocycles. The van der Waals surface area contributed by atoms with Crippen LogP contribution in [0.1, 0.15) is 19.3 Å². The van der Waals surface area contributed by atoms with Gasteiger partial charge in [-0.15, -0.1) is 0 Å². The molecule has 0 spiro atoms. The summed E-state index contributed by atoms with van der Waals surface area (Å²) < 4.78 is 10.9. The number of hydrogen-bond donors (Lipinski definition) is 0. The van der Waals surface area contributed by atoms with Crippen molar-refractivity contribution < 1.29 is 9.47 Å². The van der Waals surface area contributed by atoms with E-state index in [-0.39, 0.29) is 0 Å². The number of rotatable bonds is 0. The highest BCUT2D eigenvalue weighted by Crippen LogP contribution is 2.24. The van der Waals surface area contributed by atoms with Crippen molar-refractivity contribution in [2.24, 2.45) is 5.92 Å². The van der Waals surface area contributed by atoms with E-state index in [2.05, 4.69) is 0 Å². The van der Waals surface area contributed by atoms with E-state index in [1.807, 2.05) is 0 Å². The van der Waals surface area contributed by atoms with Crippen molar-refractivity contribution in [2.45, 2.75) is 25.4 Å². The lowest BCUT2D eigenvalue weighted by atomic mass is 9.95. The van der Waals surface area contributed by atoms with E-state index in [1.165, 1.54) is 19.3 Å². The molecule has 3 aliphatic rings. The molecule has 2 bridgehead atoms. The molecule has 0 aromatic heterocycles. The average molecular weight is 142 g/mol. The first-order valence-corrected chi connectivity index (χ1v) is 4.14. The van der Waals surface area contributed by atoms with Gasteiger partial charge in [0.2, 0.25) is 0 Å². The smallest absolute Gasteiger partial charge is 0.0808 e. The van der Waals surface area contributed by atoms with E-state index >= 15 is 0 Å². The summed E-state index contributed by atoms with van der Waals surface area (Å²) in [4.78, 5) is 0. The minimum absolute atomic E-state index is 0.413. The van der Waals surface area contributed by atoms with Gasteiger partial charge in [0.05, 0.1) is 12.7 Å². The third-order valence-corrected chi connectivity index (χ3v) is 2.44. The van der Waals surface area contributed by atoms with Crippen molar-refractivity contribution in [3.63, 3.8) is 0 Å². The van der Waals surface area contributed by atoms with Gasteiger partial charge in [-0.2, -0.15) is 0 Å². The topological polar surface area (TPSA) is 18.5 Å². The Labute approximate surface area is 61.5 Å². The molecule has 10 heavy (non-hydrogen) atoms. The van der Waals surface area contributed by atoms with E-state index in [4.69, 9.17) is 9.47 Å². The summed E-state index contributed by atoms with van der Waals surface area (Å²) in [6.07, 6.45) is 4.18. The summed E-state index contributed by atoms with van der Waals surface area (Å²) in [7, 11) is 0. The van der Waals surface area contributed by atoms with Crippen LogP contribution in [0.4, 0.5) is 0 Å². The third-order valence-electron chi connectivity index (χ3n) is 2.44. The molecular formula is C8H14O2. The fraction of sp³-hybridized carbons (Fsp3) is 1.00. The highest BCUT2D eigenvalue weighted by atomic mass is 16.5. The fourth-order valence-electron chi connectivity index (χ4n) is 1.68. The first-order valence-electron chi connectivity index (χ1n) is 4.14. The van der Waals surface area contributed by atoms with Gasteiger partial charge in [0.1, 0.15) is 0 Å². The minimum Gasteiger partial charge on any atom is -0.379 e. The van der Waals surface area contributed by atoms with Crippen molar-refractivity contribution in [1.29, 1.82) is 0 Å². The Balaban J connectivity index is 1.94. The Morgan fingerprint density at radius 2 is 2.00 bits per heavy atom. The second-order valence-corrected chi connectivity index (χ2v) is 3.26. The zero-order chi connectivity index (χ0) is 6.81. The highest BCUT2D eigenvalue weighted by molar-refractivity contribution is 4.72. The predicted octanol–water partition coefficient (Wildman–Crippen LogP) is 1.20. The van der Waals surface area contributed by atoms with Crippen LogP contribution in [0.25, 0.3) is 0 Å². The molecule has 0 aliphatic carbocycles. The lowest BCUT2D eigenvalue weighted by molar-refractivity contribution is -0.0895. The Kier molecular flexibility index (Phi) is 1.91. The van der Waals surface area contributed by atoms with Crippen LogP contribution in [0.2, 0.25) is 0 Å². The normalized spacial score (nSPS) is 40.8. The van der Waals surface area contributed by atoms with E-state index in [9.17, 15) is 0 Å². The number of ether oxygens (including phenoxy) is 2. The summed E-state index contributed by atoms with van der Waals surface area (Å²) in [6, 6.07) is 0. The van der Waals surface area contributed by atoms with Crippen LogP contribution in [0.3, 0.4) is 0 Å². The summed E-state index contributed by atoms with van der Waals surface area (Å²) >= 11 is 0. The second kappa shape index (κ2) is 2.89. The molecule has 0 aromatic rings. The first-order chi connectivity index (χ1) is 4.95. The summed E-state index contributed by atoms with van der Waals surface area (Å²) in [5.74, 6) is 0.788. The van der Waals surface area contributed by atoms with E-state index in [0.29, 0.717) is 6.10 Å².